The van der Waals surface area contributed by atoms with Crippen LogP contribution in [0, 0.1) is 5.41 Å². The molecule has 1 aromatic heterocycles. The van der Waals surface area contributed by atoms with Gasteiger partial charge in [-0.1, -0.05) is 6.07 Å². The second-order valence-corrected chi connectivity index (χ2v) is 11.9. The van der Waals surface area contributed by atoms with Gasteiger partial charge < -0.3 is 15.3 Å². The first-order chi connectivity index (χ1) is 16.7. The van der Waals surface area contributed by atoms with Gasteiger partial charge >= 0.3 is 5.97 Å². The maximum Gasteiger partial charge on any atom is 0.313 e. The molecule has 14 heteroatoms. The van der Waals surface area contributed by atoms with Gasteiger partial charge in [0, 0.05) is 28.6 Å². The molecule has 2 saturated heterocycles. The summed E-state index contributed by atoms with van der Waals surface area (Å²) in [5.74, 6) is -0.375. The number of fused-ring (bicyclic) bond motifs is 2. The number of amides is 2. The van der Waals surface area contributed by atoms with Crippen molar-refractivity contribution in [3.05, 3.63) is 45.0 Å². The summed E-state index contributed by atoms with van der Waals surface area (Å²) in [6.45, 7) is 3.62. The number of β-lactam (4-membered cyclic amide) rings is 1. The highest BCUT2D eigenvalue weighted by molar-refractivity contribution is 8.03. The molecule has 0 saturated carbocycles. The predicted octanol–water partition coefficient (Wildman–Crippen LogP) is 1.43. The molecule has 0 aromatic carbocycles. The Bertz CT molecular complexity index is 1170. The number of carboxylic acids is 1. The highest BCUT2D eigenvalue weighted by atomic mass is 32.2. The zero-order valence-electron chi connectivity index (χ0n) is 18.9. The number of nitrogens with one attached hydrogen (secondary N) is 2. The summed E-state index contributed by atoms with van der Waals surface area (Å²) >= 11 is 4.20. The summed E-state index contributed by atoms with van der Waals surface area (Å²) in [5.41, 5.74) is 2.88. The molecule has 0 aliphatic carbocycles. The molecule has 4 aliphatic heterocycles. The van der Waals surface area contributed by atoms with E-state index in [4.69, 9.17) is 0 Å². The van der Waals surface area contributed by atoms with Gasteiger partial charge in [-0.15, -0.1) is 40.4 Å². The molecular weight excluding hydrogens is 512 g/mol. The minimum atomic E-state index is -1.16. The molecule has 0 bridgehead atoms. The van der Waals surface area contributed by atoms with Crippen LogP contribution in [0.15, 0.2) is 45.1 Å². The number of hydrogen-bond donors (Lipinski definition) is 4. The summed E-state index contributed by atoms with van der Waals surface area (Å²) in [6, 6.07) is 3.12. The van der Waals surface area contributed by atoms with Gasteiger partial charge in [-0.05, 0) is 31.4 Å². The maximum absolute atomic E-state index is 12.8. The van der Waals surface area contributed by atoms with Gasteiger partial charge in [-0.25, -0.2) is 10.0 Å². The topological polar surface area (TPSA) is 138 Å². The number of aliphatic imine (C=N–C) groups is 1. The van der Waals surface area contributed by atoms with Crippen molar-refractivity contribution in [2.24, 2.45) is 10.4 Å². The first kappa shape index (κ1) is 24.2. The number of allylic oxidation sites excluding steroid dienone is 2. The third-order valence-electron chi connectivity index (χ3n) is 6.21. The summed E-state index contributed by atoms with van der Waals surface area (Å²) in [6.07, 6.45) is 2.04. The Morgan fingerprint density at radius 1 is 1.40 bits per heavy atom. The van der Waals surface area contributed by atoms with Crippen molar-refractivity contribution in [1.82, 2.24) is 25.9 Å². The maximum atomic E-state index is 12.8. The van der Waals surface area contributed by atoms with E-state index in [2.05, 4.69) is 15.8 Å². The van der Waals surface area contributed by atoms with Crippen molar-refractivity contribution in [3.8, 4) is 0 Å². The van der Waals surface area contributed by atoms with E-state index in [-0.39, 0.29) is 35.9 Å². The third-order valence-corrected chi connectivity index (χ3v) is 9.97. The van der Waals surface area contributed by atoms with Gasteiger partial charge in [0.25, 0.3) is 0 Å². The van der Waals surface area contributed by atoms with E-state index >= 15 is 0 Å². The van der Waals surface area contributed by atoms with E-state index in [1.165, 1.54) is 34.9 Å². The van der Waals surface area contributed by atoms with Gasteiger partial charge in [-0.2, -0.15) is 5.17 Å². The molecule has 35 heavy (non-hydrogen) atoms. The Hall–Kier alpha value is -2.52. The minimum Gasteiger partial charge on any atom is -0.481 e. The van der Waals surface area contributed by atoms with Crippen molar-refractivity contribution >= 4 is 58.4 Å². The standard InChI is InChI=1S/C21H24N6O5S3/c1-11-6-15(26-17(22-11)12(2)27(32)24-26)34-9-21(20(30)31)8-25-18(29)16(19(25)35-10-21)23-14(28)7-13-4-3-5-33-13/h3-6,16,19,24,32H,7-10H2,1-2H3,(H,23,28)(H,30,31)/t16?,19-,21?/m1/s1. The van der Waals surface area contributed by atoms with E-state index in [0.29, 0.717) is 22.3 Å². The number of hydrogen-bond acceptors (Lipinski definition) is 11. The molecule has 4 aliphatic rings. The van der Waals surface area contributed by atoms with Gasteiger partial charge in [0.1, 0.15) is 22.5 Å². The number of thiophene rings is 1. The molecule has 5 heterocycles. The van der Waals surface area contributed by atoms with Crippen LogP contribution in [0.5, 0.6) is 0 Å². The summed E-state index contributed by atoms with van der Waals surface area (Å²) in [7, 11) is 0. The first-order valence-corrected chi connectivity index (χ1v) is 13.7. The molecule has 0 radical (unpaired) electrons. The quantitative estimate of drug-likeness (QED) is 0.379. The smallest absolute Gasteiger partial charge is 0.313 e. The molecule has 2 unspecified atom stereocenters. The fourth-order valence-electron chi connectivity index (χ4n) is 4.22. The van der Waals surface area contributed by atoms with Crippen LogP contribution in [0.4, 0.5) is 0 Å². The summed E-state index contributed by atoms with van der Waals surface area (Å²) in [4.78, 5) is 44.5. The zero-order valence-corrected chi connectivity index (χ0v) is 21.4. The molecule has 2 fully saturated rings. The van der Waals surface area contributed by atoms with Crippen LogP contribution in [0.25, 0.3) is 0 Å². The van der Waals surface area contributed by atoms with Crippen LogP contribution in [0.3, 0.4) is 0 Å². The lowest BCUT2D eigenvalue weighted by Gasteiger charge is -2.53. The molecule has 4 N–H and O–H groups in total. The lowest BCUT2D eigenvalue weighted by Crippen LogP contribution is -2.74. The average molecular weight is 537 g/mol. The highest BCUT2D eigenvalue weighted by Crippen LogP contribution is 2.45. The number of carbonyl (C=O) groups excluding carboxylic acids is 2. The van der Waals surface area contributed by atoms with Crippen molar-refractivity contribution in [2.75, 3.05) is 18.1 Å². The summed E-state index contributed by atoms with van der Waals surface area (Å²) in [5, 5.41) is 27.8. The lowest BCUT2D eigenvalue weighted by atomic mass is 9.89. The largest absolute Gasteiger partial charge is 0.481 e. The van der Waals surface area contributed by atoms with E-state index in [1.807, 2.05) is 30.5 Å². The summed E-state index contributed by atoms with van der Waals surface area (Å²) < 4.78 is 0. The Morgan fingerprint density at radius 2 is 2.20 bits per heavy atom. The van der Waals surface area contributed by atoms with Crippen LogP contribution in [-0.4, -0.2) is 78.4 Å². The molecule has 0 spiro atoms. The molecule has 11 nitrogen and oxygen atoms in total. The molecule has 3 atom stereocenters. The molecule has 5 rings (SSSR count). The molecule has 1 aromatic rings. The number of aliphatic carboxylic acids is 1. The number of carboxylic acid groups (broad SMARTS) is 1. The van der Waals surface area contributed by atoms with Crippen LogP contribution in [0.2, 0.25) is 0 Å². The fraction of sp³-hybridized carbons (Fsp3) is 0.429. The zero-order chi connectivity index (χ0) is 24.9. The Labute approximate surface area is 213 Å². The normalized spacial score (nSPS) is 27.7. The first-order valence-electron chi connectivity index (χ1n) is 10.8. The Balaban J connectivity index is 1.24. The van der Waals surface area contributed by atoms with Gasteiger partial charge in [-0.3, -0.25) is 19.6 Å². The van der Waals surface area contributed by atoms with Crippen LogP contribution in [-0.2, 0) is 20.8 Å². The Kier molecular flexibility index (Phi) is 6.34. The van der Waals surface area contributed by atoms with E-state index < -0.39 is 17.4 Å². The van der Waals surface area contributed by atoms with Gasteiger partial charge in [0.15, 0.2) is 5.82 Å². The fourth-order valence-corrected chi connectivity index (χ4v) is 7.85. The van der Waals surface area contributed by atoms with E-state index in [0.717, 1.165) is 15.8 Å². The third kappa shape index (κ3) is 4.33. The van der Waals surface area contributed by atoms with Gasteiger partial charge in [0.2, 0.25) is 11.8 Å². The number of rotatable bonds is 7. The van der Waals surface area contributed by atoms with E-state index in [1.54, 1.807) is 16.8 Å². The van der Waals surface area contributed by atoms with Crippen LogP contribution >= 0.6 is 34.9 Å². The SMILES string of the molecule is CC1=NC2=C(C)N(O)NN2C(SCC2(C(=O)O)CS[C@@H]3C(NC(=O)Cc4cccs4)C(=O)N3C2)=C1. The number of carbonyl (C=O) groups is 3. The highest BCUT2D eigenvalue weighted by Gasteiger charge is 2.57. The molecule has 2 amide bonds. The minimum absolute atomic E-state index is 0.0742. The second kappa shape index (κ2) is 9.17. The number of hydroxylamine groups is 1. The lowest BCUT2D eigenvalue weighted by molar-refractivity contribution is -0.157. The monoisotopic (exact) mass is 536 g/mol. The van der Waals surface area contributed by atoms with Crippen molar-refractivity contribution in [2.45, 2.75) is 31.7 Å². The molecular formula is C21H24N6O5S3. The second-order valence-electron chi connectivity index (χ2n) is 8.74. The number of nitrogens with zero attached hydrogens (tertiary/aromatic N) is 4. The van der Waals surface area contributed by atoms with E-state index in [9.17, 15) is 24.7 Å². The number of hydrazine groups is 2. The molecule has 186 valence electrons. The van der Waals surface area contributed by atoms with Gasteiger partial charge in [0.05, 0.1) is 11.4 Å². The number of thioether (sulfide) groups is 2. The van der Waals surface area contributed by atoms with Crippen LogP contribution in [0.1, 0.15) is 18.7 Å². The average Bonchev–Trinajstić information content (AvgIpc) is 3.43. The predicted molar refractivity (Wildman–Crippen MR) is 133 cm³/mol. The Morgan fingerprint density at radius 3 is 2.91 bits per heavy atom. The van der Waals surface area contributed by atoms with Crippen LogP contribution < -0.4 is 10.9 Å². The van der Waals surface area contributed by atoms with Crippen molar-refractivity contribution < 1.29 is 24.7 Å². The van der Waals surface area contributed by atoms with Crippen molar-refractivity contribution in [3.63, 3.8) is 0 Å². The van der Waals surface area contributed by atoms with Crippen molar-refractivity contribution in [1.29, 1.82) is 0 Å².